The zero-order chi connectivity index (χ0) is 23.0. The Kier molecular flexibility index (Phi) is 7.90. The molecular weight excluding hydrogens is 398 g/mol. The van der Waals surface area contributed by atoms with E-state index in [1.807, 2.05) is 12.1 Å². The molecule has 0 saturated carbocycles. The van der Waals surface area contributed by atoms with Crippen LogP contribution < -0.4 is 16.0 Å². The van der Waals surface area contributed by atoms with Crippen molar-refractivity contribution in [3.63, 3.8) is 0 Å². The van der Waals surface area contributed by atoms with Gasteiger partial charge >= 0.3 is 12.0 Å². The van der Waals surface area contributed by atoms with Gasteiger partial charge in [-0.1, -0.05) is 63.2 Å². The van der Waals surface area contributed by atoms with Crippen LogP contribution in [0.4, 0.5) is 4.79 Å². The first-order chi connectivity index (χ1) is 14.6. The molecule has 8 nitrogen and oxygen atoms in total. The summed E-state index contributed by atoms with van der Waals surface area (Å²) in [5.74, 6) is -2.06. The summed E-state index contributed by atoms with van der Waals surface area (Å²) in [5, 5.41) is 6.83. The lowest BCUT2D eigenvalue weighted by atomic mass is 9.87. The van der Waals surface area contributed by atoms with Crippen LogP contribution >= 0.6 is 0 Å². The van der Waals surface area contributed by atoms with E-state index in [0.717, 1.165) is 5.56 Å². The highest BCUT2D eigenvalue weighted by molar-refractivity contribution is 5.98. The summed E-state index contributed by atoms with van der Waals surface area (Å²) >= 11 is 0. The lowest BCUT2D eigenvalue weighted by Gasteiger charge is -2.19. The zero-order valence-electron chi connectivity index (χ0n) is 18.0. The maximum Gasteiger partial charge on any atom is 0.326 e. The number of carbonyl (C=O) groups is 4. The number of ether oxygens (including phenoxy) is 1. The molecule has 1 atom stereocenters. The zero-order valence-corrected chi connectivity index (χ0v) is 18.0. The second-order valence-corrected chi connectivity index (χ2v) is 7.86. The quantitative estimate of drug-likeness (QED) is 0.615. The van der Waals surface area contributed by atoms with Gasteiger partial charge in [-0.25, -0.2) is 4.79 Å². The summed E-state index contributed by atoms with van der Waals surface area (Å²) in [6, 6.07) is 14.6. The minimum Gasteiger partial charge on any atom is -0.446 e. The molecule has 164 valence electrons. The van der Waals surface area contributed by atoms with Gasteiger partial charge in [-0.3, -0.25) is 19.7 Å². The monoisotopic (exact) mass is 425 g/mol. The lowest BCUT2D eigenvalue weighted by molar-refractivity contribution is -0.155. The van der Waals surface area contributed by atoms with E-state index >= 15 is 0 Å². The fourth-order valence-electron chi connectivity index (χ4n) is 2.69. The number of esters is 1. The number of hydrogen-bond donors (Lipinski definition) is 3. The molecule has 2 rings (SSSR count). The normalized spacial score (nSPS) is 11.7. The van der Waals surface area contributed by atoms with Crippen LogP contribution in [0.3, 0.4) is 0 Å². The van der Waals surface area contributed by atoms with Crippen LogP contribution in [0, 0.1) is 0 Å². The Bertz CT molecular complexity index is 934. The smallest absolute Gasteiger partial charge is 0.326 e. The summed E-state index contributed by atoms with van der Waals surface area (Å²) in [5.41, 5.74) is 1.83. The number of nitrogens with one attached hydrogen (secondary N) is 3. The fraction of sp³-hybridized carbons (Fsp3) is 0.304. The Balaban J connectivity index is 2.01. The third-order valence-electron chi connectivity index (χ3n) is 4.46. The number of urea groups is 1. The van der Waals surface area contributed by atoms with Crippen LogP contribution in [-0.4, -0.2) is 37.4 Å². The molecule has 2 aromatic rings. The molecule has 0 radical (unpaired) electrons. The maximum absolute atomic E-state index is 12.4. The highest BCUT2D eigenvalue weighted by Gasteiger charge is 2.26. The van der Waals surface area contributed by atoms with E-state index in [1.165, 1.54) is 7.05 Å². The lowest BCUT2D eigenvalue weighted by Crippen LogP contribution is -2.42. The van der Waals surface area contributed by atoms with Crippen molar-refractivity contribution in [1.29, 1.82) is 0 Å². The predicted molar refractivity (Wildman–Crippen MR) is 115 cm³/mol. The molecule has 4 amide bonds. The summed E-state index contributed by atoms with van der Waals surface area (Å²) in [6.45, 7) is 5.78. The van der Waals surface area contributed by atoms with Crippen molar-refractivity contribution < 1.29 is 23.9 Å². The van der Waals surface area contributed by atoms with E-state index in [1.54, 1.807) is 42.5 Å². The highest BCUT2D eigenvalue weighted by Crippen LogP contribution is 2.22. The Hall–Kier alpha value is -3.68. The molecule has 0 unspecified atom stereocenters. The molecule has 0 bridgehead atoms. The van der Waals surface area contributed by atoms with Crippen molar-refractivity contribution in [2.75, 3.05) is 13.6 Å². The number of benzene rings is 2. The van der Waals surface area contributed by atoms with E-state index in [2.05, 4.69) is 36.7 Å². The maximum atomic E-state index is 12.4. The van der Waals surface area contributed by atoms with Crippen LogP contribution in [0.1, 0.15) is 48.4 Å². The van der Waals surface area contributed by atoms with Crippen molar-refractivity contribution in [2.24, 2.45) is 0 Å². The van der Waals surface area contributed by atoms with Crippen molar-refractivity contribution >= 4 is 23.8 Å². The Labute approximate surface area is 181 Å². The largest absolute Gasteiger partial charge is 0.446 e. The average molecular weight is 425 g/mol. The average Bonchev–Trinajstić information content (AvgIpc) is 2.75. The van der Waals surface area contributed by atoms with Gasteiger partial charge in [0.1, 0.15) is 6.54 Å². The van der Waals surface area contributed by atoms with Gasteiger partial charge in [-0.2, -0.15) is 0 Å². The van der Waals surface area contributed by atoms with Crippen molar-refractivity contribution in [3.05, 3.63) is 71.3 Å². The number of imide groups is 1. The minimum atomic E-state index is -1.34. The van der Waals surface area contributed by atoms with Crippen molar-refractivity contribution in [1.82, 2.24) is 16.0 Å². The van der Waals surface area contributed by atoms with Crippen LogP contribution in [0.5, 0.6) is 0 Å². The van der Waals surface area contributed by atoms with Crippen LogP contribution in [0.25, 0.3) is 0 Å². The topological polar surface area (TPSA) is 114 Å². The molecule has 3 N–H and O–H groups in total. The molecule has 0 saturated heterocycles. The number of hydrogen-bond acceptors (Lipinski definition) is 5. The van der Waals surface area contributed by atoms with Crippen molar-refractivity contribution in [3.8, 4) is 0 Å². The number of rotatable bonds is 6. The fourth-order valence-corrected chi connectivity index (χ4v) is 2.69. The Morgan fingerprint density at radius 1 is 0.935 bits per heavy atom. The van der Waals surface area contributed by atoms with Crippen LogP contribution in [-0.2, 0) is 19.7 Å². The van der Waals surface area contributed by atoms with Gasteiger partial charge in [0.05, 0.1) is 0 Å². The van der Waals surface area contributed by atoms with Gasteiger partial charge < -0.3 is 15.4 Å². The summed E-state index contributed by atoms with van der Waals surface area (Å²) in [6.07, 6.45) is -1.34. The van der Waals surface area contributed by atoms with Gasteiger partial charge in [0, 0.05) is 18.2 Å². The molecule has 0 aromatic heterocycles. The molecule has 0 aliphatic rings. The molecular formula is C23H27N3O5. The van der Waals surface area contributed by atoms with Crippen LogP contribution in [0.15, 0.2) is 54.6 Å². The van der Waals surface area contributed by atoms with Gasteiger partial charge in [0.25, 0.3) is 11.8 Å². The summed E-state index contributed by atoms with van der Waals surface area (Å²) in [4.78, 5) is 48.5. The molecule has 0 aliphatic heterocycles. The standard InChI is InChI=1S/C23H27N3O5/c1-23(2,3)17-12-10-16(11-13-17)20(28)25-14-18(27)31-19(15-8-6-5-7-9-15)21(29)26-22(30)24-4/h5-13,19H,14H2,1-4H3,(H,25,28)(H2,24,26,29,30)/t19-/m0/s1. The van der Waals surface area contributed by atoms with Crippen molar-refractivity contribution in [2.45, 2.75) is 32.3 Å². The first-order valence-electron chi connectivity index (χ1n) is 9.77. The van der Waals surface area contributed by atoms with E-state index in [9.17, 15) is 19.2 Å². The van der Waals surface area contributed by atoms with Crippen LogP contribution in [0.2, 0.25) is 0 Å². The predicted octanol–water partition coefficient (Wildman–Crippen LogP) is 2.45. The van der Waals surface area contributed by atoms with Gasteiger partial charge in [0.2, 0.25) is 6.10 Å². The molecule has 8 heteroatoms. The minimum absolute atomic E-state index is 0.0412. The first kappa shape index (κ1) is 23.6. The SMILES string of the molecule is CNC(=O)NC(=O)[C@@H](OC(=O)CNC(=O)c1ccc(C(C)(C)C)cc1)c1ccccc1. The molecule has 2 aromatic carbocycles. The van der Waals surface area contributed by atoms with E-state index in [-0.39, 0.29) is 5.41 Å². The number of amides is 4. The molecule has 0 aliphatic carbocycles. The van der Waals surface area contributed by atoms with E-state index in [4.69, 9.17) is 4.74 Å². The number of carbonyl (C=O) groups excluding carboxylic acids is 4. The Morgan fingerprint density at radius 3 is 2.10 bits per heavy atom. The van der Waals surface area contributed by atoms with Gasteiger partial charge in [-0.15, -0.1) is 0 Å². The highest BCUT2D eigenvalue weighted by atomic mass is 16.5. The summed E-state index contributed by atoms with van der Waals surface area (Å²) < 4.78 is 5.25. The molecule has 0 fully saturated rings. The molecule has 0 spiro atoms. The van der Waals surface area contributed by atoms with E-state index in [0.29, 0.717) is 11.1 Å². The van der Waals surface area contributed by atoms with Gasteiger partial charge in [0.15, 0.2) is 0 Å². The molecule has 31 heavy (non-hydrogen) atoms. The second kappa shape index (κ2) is 10.4. The van der Waals surface area contributed by atoms with E-state index < -0.39 is 36.5 Å². The second-order valence-electron chi connectivity index (χ2n) is 7.86. The molecule has 0 heterocycles. The third-order valence-corrected chi connectivity index (χ3v) is 4.46. The first-order valence-corrected chi connectivity index (χ1v) is 9.77. The summed E-state index contributed by atoms with van der Waals surface area (Å²) in [7, 11) is 1.36. The van der Waals surface area contributed by atoms with Gasteiger partial charge in [-0.05, 0) is 23.1 Å². The Morgan fingerprint density at radius 2 is 1.55 bits per heavy atom. The third kappa shape index (κ3) is 6.95.